The van der Waals surface area contributed by atoms with Gasteiger partial charge in [0.2, 0.25) is 0 Å². The van der Waals surface area contributed by atoms with Crippen LogP contribution in [0.3, 0.4) is 0 Å². The highest BCUT2D eigenvalue weighted by Gasteiger charge is 2.62. The zero-order chi connectivity index (χ0) is 9.05. The standard InChI is InChI=1S/C9H12N2O2/c12-7-9(11-8(13)10-7)3-1-2-5-4-6(5)9/h5-6H,1-4H2,(H2,10,11,12,13). The Labute approximate surface area is 76.1 Å². The minimum absolute atomic E-state index is 0.0929. The van der Waals surface area contributed by atoms with Gasteiger partial charge in [-0.3, -0.25) is 10.1 Å². The Balaban J connectivity index is 1.95. The van der Waals surface area contributed by atoms with E-state index in [0.29, 0.717) is 11.8 Å². The molecule has 4 heteroatoms. The van der Waals surface area contributed by atoms with E-state index in [0.717, 1.165) is 19.3 Å². The molecule has 0 aromatic rings. The molecule has 70 valence electrons. The molecule has 2 N–H and O–H groups in total. The molecule has 0 aromatic heterocycles. The normalized spacial score (nSPS) is 47.1. The third kappa shape index (κ3) is 0.806. The zero-order valence-corrected chi connectivity index (χ0v) is 7.30. The predicted molar refractivity (Wildman–Crippen MR) is 44.9 cm³/mol. The molecule has 3 atom stereocenters. The highest BCUT2D eigenvalue weighted by Crippen LogP contribution is 2.55. The number of rotatable bonds is 0. The number of urea groups is 1. The Hall–Kier alpha value is -1.06. The van der Waals surface area contributed by atoms with E-state index >= 15 is 0 Å². The van der Waals surface area contributed by atoms with Crippen molar-refractivity contribution in [3.8, 4) is 0 Å². The molecule has 2 saturated carbocycles. The number of carbonyl (C=O) groups excluding carboxylic acids is 2. The van der Waals surface area contributed by atoms with Crippen LogP contribution in [0.15, 0.2) is 0 Å². The van der Waals surface area contributed by atoms with Gasteiger partial charge < -0.3 is 5.32 Å². The lowest BCUT2D eigenvalue weighted by atomic mass is 9.81. The molecule has 3 fully saturated rings. The van der Waals surface area contributed by atoms with Crippen molar-refractivity contribution in [3.05, 3.63) is 0 Å². The second kappa shape index (κ2) is 2.05. The molecule has 1 heterocycles. The van der Waals surface area contributed by atoms with Crippen molar-refractivity contribution >= 4 is 11.9 Å². The smallest absolute Gasteiger partial charge is 0.322 e. The maximum Gasteiger partial charge on any atom is 0.322 e. The second-order valence-electron chi connectivity index (χ2n) is 4.37. The third-order valence-electron chi connectivity index (χ3n) is 3.67. The van der Waals surface area contributed by atoms with Crippen molar-refractivity contribution < 1.29 is 9.59 Å². The van der Waals surface area contributed by atoms with Gasteiger partial charge in [0.25, 0.3) is 5.91 Å². The molecular weight excluding hydrogens is 168 g/mol. The number of fused-ring (bicyclic) bond motifs is 2. The van der Waals surface area contributed by atoms with Gasteiger partial charge >= 0.3 is 6.03 Å². The van der Waals surface area contributed by atoms with Gasteiger partial charge in [0, 0.05) is 0 Å². The Morgan fingerprint density at radius 3 is 2.92 bits per heavy atom. The molecule has 4 nitrogen and oxygen atoms in total. The van der Waals surface area contributed by atoms with Crippen LogP contribution in [0.25, 0.3) is 0 Å². The summed E-state index contributed by atoms with van der Waals surface area (Å²) in [6, 6.07) is -0.308. The number of hydrogen-bond acceptors (Lipinski definition) is 2. The lowest BCUT2D eigenvalue weighted by Crippen LogP contribution is -2.50. The fourth-order valence-corrected chi connectivity index (χ4v) is 2.94. The van der Waals surface area contributed by atoms with Crippen LogP contribution in [0.5, 0.6) is 0 Å². The summed E-state index contributed by atoms with van der Waals surface area (Å²) in [5.41, 5.74) is -0.514. The van der Waals surface area contributed by atoms with Gasteiger partial charge in [-0.05, 0) is 31.1 Å². The summed E-state index contributed by atoms with van der Waals surface area (Å²) in [4.78, 5) is 22.7. The summed E-state index contributed by atoms with van der Waals surface area (Å²) in [5.74, 6) is 1.02. The van der Waals surface area contributed by atoms with E-state index in [1.54, 1.807) is 0 Å². The maximum atomic E-state index is 11.6. The molecule has 1 saturated heterocycles. The number of imide groups is 1. The third-order valence-corrected chi connectivity index (χ3v) is 3.67. The molecule has 0 aromatic carbocycles. The van der Waals surface area contributed by atoms with Crippen LogP contribution < -0.4 is 10.6 Å². The fourth-order valence-electron chi connectivity index (χ4n) is 2.94. The first kappa shape index (κ1) is 7.35. The van der Waals surface area contributed by atoms with E-state index < -0.39 is 5.54 Å². The largest absolute Gasteiger partial charge is 0.323 e. The van der Waals surface area contributed by atoms with Gasteiger partial charge in [0.1, 0.15) is 5.54 Å². The predicted octanol–water partition coefficient (Wildman–Crippen LogP) is 0.385. The first-order chi connectivity index (χ1) is 6.22. The molecule has 1 spiro atoms. The first-order valence-electron chi connectivity index (χ1n) is 4.86. The minimum atomic E-state index is -0.514. The van der Waals surface area contributed by atoms with Crippen molar-refractivity contribution in [2.45, 2.75) is 31.2 Å². The molecule has 3 unspecified atom stereocenters. The van der Waals surface area contributed by atoms with Gasteiger partial charge in [-0.25, -0.2) is 4.79 Å². The van der Waals surface area contributed by atoms with E-state index in [2.05, 4.69) is 10.6 Å². The highest BCUT2D eigenvalue weighted by atomic mass is 16.2. The van der Waals surface area contributed by atoms with Crippen molar-refractivity contribution in [3.63, 3.8) is 0 Å². The SMILES string of the molecule is O=C1NC(=O)C2(CCCC3CC32)N1. The number of nitrogens with one attached hydrogen (secondary N) is 2. The van der Waals surface area contributed by atoms with Crippen LogP contribution in [-0.2, 0) is 4.79 Å². The van der Waals surface area contributed by atoms with E-state index in [4.69, 9.17) is 0 Å². The van der Waals surface area contributed by atoms with Crippen LogP contribution in [0.1, 0.15) is 25.7 Å². The molecule has 0 radical (unpaired) electrons. The Morgan fingerprint density at radius 1 is 1.38 bits per heavy atom. The summed E-state index contributed by atoms with van der Waals surface area (Å²) >= 11 is 0. The number of hydrogen-bond donors (Lipinski definition) is 2. The first-order valence-corrected chi connectivity index (χ1v) is 4.86. The average Bonchev–Trinajstić information content (AvgIpc) is 2.78. The van der Waals surface area contributed by atoms with Gasteiger partial charge in [-0.2, -0.15) is 0 Å². The van der Waals surface area contributed by atoms with Crippen molar-refractivity contribution in [2.75, 3.05) is 0 Å². The fraction of sp³-hybridized carbons (Fsp3) is 0.778. The molecule has 3 aliphatic rings. The van der Waals surface area contributed by atoms with Gasteiger partial charge in [0.05, 0.1) is 0 Å². The summed E-state index contributed by atoms with van der Waals surface area (Å²) in [6.07, 6.45) is 4.24. The molecular formula is C9H12N2O2. The van der Waals surface area contributed by atoms with E-state index in [9.17, 15) is 9.59 Å². The highest BCUT2D eigenvalue weighted by molar-refractivity contribution is 6.07. The van der Waals surface area contributed by atoms with Crippen molar-refractivity contribution in [1.82, 2.24) is 10.6 Å². The molecule has 1 aliphatic heterocycles. The van der Waals surface area contributed by atoms with Crippen LogP contribution >= 0.6 is 0 Å². The van der Waals surface area contributed by atoms with Crippen molar-refractivity contribution in [1.29, 1.82) is 0 Å². The lowest BCUT2D eigenvalue weighted by Gasteiger charge is -2.29. The van der Waals surface area contributed by atoms with Crippen LogP contribution in [-0.4, -0.2) is 17.5 Å². The molecule has 3 amide bonds. The topological polar surface area (TPSA) is 58.2 Å². The van der Waals surface area contributed by atoms with Gasteiger partial charge in [-0.1, -0.05) is 6.42 Å². The lowest BCUT2D eigenvalue weighted by molar-refractivity contribution is -0.125. The van der Waals surface area contributed by atoms with Gasteiger partial charge in [-0.15, -0.1) is 0 Å². The summed E-state index contributed by atoms with van der Waals surface area (Å²) < 4.78 is 0. The Bertz CT molecular complexity index is 302. The summed E-state index contributed by atoms with van der Waals surface area (Å²) in [5, 5.41) is 5.16. The van der Waals surface area contributed by atoms with Crippen molar-refractivity contribution in [2.24, 2.45) is 11.8 Å². The Kier molecular flexibility index (Phi) is 1.16. The molecule has 0 bridgehead atoms. The molecule has 2 aliphatic carbocycles. The number of amides is 3. The maximum absolute atomic E-state index is 11.6. The Morgan fingerprint density at radius 2 is 2.23 bits per heavy atom. The average molecular weight is 180 g/mol. The van der Waals surface area contributed by atoms with Crippen LogP contribution in [0.4, 0.5) is 4.79 Å². The summed E-state index contributed by atoms with van der Waals surface area (Å²) in [6.45, 7) is 0. The minimum Gasteiger partial charge on any atom is -0.323 e. The van der Waals surface area contributed by atoms with E-state index in [1.165, 1.54) is 6.42 Å². The number of carbonyl (C=O) groups is 2. The summed E-state index contributed by atoms with van der Waals surface area (Å²) in [7, 11) is 0. The molecule has 3 rings (SSSR count). The van der Waals surface area contributed by atoms with Crippen LogP contribution in [0.2, 0.25) is 0 Å². The zero-order valence-electron chi connectivity index (χ0n) is 7.30. The monoisotopic (exact) mass is 180 g/mol. The second-order valence-corrected chi connectivity index (χ2v) is 4.37. The van der Waals surface area contributed by atoms with Gasteiger partial charge in [0.15, 0.2) is 0 Å². The van der Waals surface area contributed by atoms with E-state index in [1.807, 2.05) is 0 Å². The van der Waals surface area contributed by atoms with Crippen LogP contribution in [0, 0.1) is 11.8 Å². The van der Waals surface area contributed by atoms with E-state index in [-0.39, 0.29) is 11.9 Å². The molecule has 13 heavy (non-hydrogen) atoms. The quantitative estimate of drug-likeness (QED) is 0.530.